The van der Waals surface area contributed by atoms with E-state index < -0.39 is 23.2 Å². The van der Waals surface area contributed by atoms with Gasteiger partial charge in [-0.3, -0.25) is 0 Å². The standard InChI is InChI=1S/C18H12ClF2NO2S/c1-25-12-6-5-10-7-11(17(19)22-15(10)8-12)9-24-18(23)16-13(20)3-2-4-14(16)21/h2-8H,9H2,1H3. The minimum absolute atomic E-state index is 0.174. The van der Waals surface area contributed by atoms with Gasteiger partial charge in [-0.15, -0.1) is 11.8 Å². The molecule has 25 heavy (non-hydrogen) atoms. The molecule has 0 fully saturated rings. The lowest BCUT2D eigenvalue weighted by molar-refractivity contribution is 0.0461. The Morgan fingerprint density at radius 3 is 2.60 bits per heavy atom. The molecule has 2 aromatic carbocycles. The molecule has 128 valence electrons. The minimum atomic E-state index is -1.09. The van der Waals surface area contributed by atoms with E-state index in [1.54, 1.807) is 17.8 Å². The van der Waals surface area contributed by atoms with Crippen LogP contribution in [0.4, 0.5) is 8.78 Å². The fourth-order valence-electron chi connectivity index (χ4n) is 2.30. The van der Waals surface area contributed by atoms with Gasteiger partial charge in [-0.1, -0.05) is 23.7 Å². The molecule has 0 spiro atoms. The van der Waals surface area contributed by atoms with E-state index in [4.69, 9.17) is 16.3 Å². The molecular weight excluding hydrogens is 368 g/mol. The lowest BCUT2D eigenvalue weighted by Gasteiger charge is -2.09. The molecule has 3 aromatic rings. The van der Waals surface area contributed by atoms with E-state index in [2.05, 4.69) is 4.98 Å². The molecule has 0 saturated heterocycles. The first-order valence-corrected chi connectivity index (χ1v) is 8.84. The van der Waals surface area contributed by atoms with Gasteiger partial charge in [0.15, 0.2) is 0 Å². The van der Waals surface area contributed by atoms with Gasteiger partial charge in [0.05, 0.1) is 5.52 Å². The van der Waals surface area contributed by atoms with Crippen molar-refractivity contribution in [1.29, 1.82) is 0 Å². The van der Waals surface area contributed by atoms with Crippen LogP contribution in [-0.2, 0) is 11.3 Å². The zero-order valence-electron chi connectivity index (χ0n) is 13.1. The van der Waals surface area contributed by atoms with E-state index in [-0.39, 0.29) is 11.8 Å². The maximum atomic E-state index is 13.6. The number of ether oxygens (including phenoxy) is 1. The predicted molar refractivity (Wildman–Crippen MR) is 94.0 cm³/mol. The number of nitrogens with zero attached hydrogens (tertiary/aromatic N) is 1. The van der Waals surface area contributed by atoms with Crippen LogP contribution in [0.25, 0.3) is 10.9 Å². The number of fused-ring (bicyclic) bond motifs is 1. The third kappa shape index (κ3) is 3.75. The fraction of sp³-hybridized carbons (Fsp3) is 0.111. The molecule has 1 aromatic heterocycles. The highest BCUT2D eigenvalue weighted by molar-refractivity contribution is 7.98. The Morgan fingerprint density at radius 2 is 1.92 bits per heavy atom. The topological polar surface area (TPSA) is 39.2 Å². The second kappa shape index (κ2) is 7.37. The predicted octanol–water partition coefficient (Wildman–Crippen LogP) is 5.25. The summed E-state index contributed by atoms with van der Waals surface area (Å²) in [4.78, 5) is 17.3. The van der Waals surface area contributed by atoms with E-state index in [1.165, 1.54) is 6.07 Å². The Morgan fingerprint density at radius 1 is 1.20 bits per heavy atom. The maximum absolute atomic E-state index is 13.6. The summed E-state index contributed by atoms with van der Waals surface area (Å²) in [5.41, 5.74) is 0.445. The van der Waals surface area contributed by atoms with Gasteiger partial charge in [-0.25, -0.2) is 18.6 Å². The molecular formula is C18H12ClF2NO2S. The molecule has 0 N–H and O–H groups in total. The van der Waals surface area contributed by atoms with Crippen LogP contribution in [0, 0.1) is 11.6 Å². The molecule has 0 radical (unpaired) electrons. The van der Waals surface area contributed by atoms with Crippen molar-refractivity contribution in [3.05, 3.63) is 70.4 Å². The lowest BCUT2D eigenvalue weighted by Crippen LogP contribution is -2.10. The van der Waals surface area contributed by atoms with Crippen LogP contribution in [0.2, 0.25) is 5.15 Å². The van der Waals surface area contributed by atoms with Crippen molar-refractivity contribution < 1.29 is 18.3 Å². The van der Waals surface area contributed by atoms with Gasteiger partial charge in [0.2, 0.25) is 0 Å². The number of aromatic nitrogens is 1. The molecule has 0 bridgehead atoms. The summed E-state index contributed by atoms with van der Waals surface area (Å²) >= 11 is 7.72. The Hall–Kier alpha value is -2.18. The van der Waals surface area contributed by atoms with Gasteiger partial charge in [0.25, 0.3) is 0 Å². The fourth-order valence-corrected chi connectivity index (χ4v) is 2.94. The van der Waals surface area contributed by atoms with Crippen LogP contribution in [-0.4, -0.2) is 17.2 Å². The SMILES string of the molecule is CSc1ccc2cc(COC(=O)c3c(F)cccc3F)c(Cl)nc2c1. The summed E-state index contributed by atoms with van der Waals surface area (Å²) < 4.78 is 32.2. The molecule has 3 nitrogen and oxygen atoms in total. The number of thioether (sulfide) groups is 1. The zero-order valence-corrected chi connectivity index (χ0v) is 14.6. The maximum Gasteiger partial charge on any atom is 0.344 e. The molecule has 7 heteroatoms. The highest BCUT2D eigenvalue weighted by atomic mass is 35.5. The summed E-state index contributed by atoms with van der Waals surface area (Å²) in [6.45, 7) is -0.237. The number of carbonyl (C=O) groups is 1. The molecule has 0 saturated carbocycles. The summed E-state index contributed by atoms with van der Waals surface area (Å²) in [6, 6.07) is 10.6. The van der Waals surface area contributed by atoms with Crippen molar-refractivity contribution >= 4 is 40.2 Å². The van der Waals surface area contributed by atoms with Gasteiger partial charge >= 0.3 is 5.97 Å². The van der Waals surface area contributed by atoms with E-state index in [1.807, 2.05) is 24.5 Å². The van der Waals surface area contributed by atoms with E-state index in [9.17, 15) is 13.6 Å². The quantitative estimate of drug-likeness (QED) is 0.353. The first-order valence-electron chi connectivity index (χ1n) is 7.24. The van der Waals surface area contributed by atoms with Crippen molar-refractivity contribution in [2.24, 2.45) is 0 Å². The molecule has 0 unspecified atom stereocenters. The summed E-state index contributed by atoms with van der Waals surface area (Å²) in [7, 11) is 0. The van der Waals surface area contributed by atoms with Gasteiger partial charge in [-0.05, 0) is 36.6 Å². The van der Waals surface area contributed by atoms with Crippen LogP contribution in [0.3, 0.4) is 0 Å². The third-order valence-electron chi connectivity index (χ3n) is 3.58. The van der Waals surface area contributed by atoms with Crippen LogP contribution in [0.15, 0.2) is 47.4 Å². The summed E-state index contributed by atoms with van der Waals surface area (Å²) in [5.74, 6) is -3.04. The average molecular weight is 380 g/mol. The minimum Gasteiger partial charge on any atom is -0.457 e. The second-order valence-corrected chi connectivity index (χ2v) is 6.41. The smallest absolute Gasteiger partial charge is 0.344 e. The van der Waals surface area contributed by atoms with Crippen molar-refractivity contribution in [2.45, 2.75) is 11.5 Å². The molecule has 0 aliphatic rings. The van der Waals surface area contributed by atoms with Crippen LogP contribution < -0.4 is 0 Å². The van der Waals surface area contributed by atoms with Gasteiger partial charge in [-0.2, -0.15) is 0 Å². The third-order valence-corrected chi connectivity index (χ3v) is 4.63. The van der Waals surface area contributed by atoms with Gasteiger partial charge in [0.1, 0.15) is 29.0 Å². The molecule has 0 amide bonds. The van der Waals surface area contributed by atoms with Crippen molar-refractivity contribution in [1.82, 2.24) is 4.98 Å². The number of carbonyl (C=O) groups excluding carboxylic acids is 1. The van der Waals surface area contributed by atoms with Crippen molar-refractivity contribution in [3.8, 4) is 0 Å². The highest BCUT2D eigenvalue weighted by Gasteiger charge is 2.19. The monoisotopic (exact) mass is 379 g/mol. The normalized spacial score (nSPS) is 10.9. The van der Waals surface area contributed by atoms with E-state index in [0.717, 1.165) is 22.4 Å². The molecule has 0 aliphatic carbocycles. The number of halogens is 3. The number of benzene rings is 2. The Bertz CT molecular complexity index is 945. The zero-order chi connectivity index (χ0) is 18.0. The first-order chi connectivity index (χ1) is 12.0. The number of esters is 1. The number of pyridine rings is 1. The first kappa shape index (κ1) is 17.6. The average Bonchev–Trinajstić information content (AvgIpc) is 2.59. The van der Waals surface area contributed by atoms with Gasteiger partial charge < -0.3 is 4.74 Å². The van der Waals surface area contributed by atoms with Crippen LogP contribution >= 0.6 is 23.4 Å². The van der Waals surface area contributed by atoms with Crippen LogP contribution in [0.5, 0.6) is 0 Å². The van der Waals surface area contributed by atoms with E-state index >= 15 is 0 Å². The number of hydrogen-bond donors (Lipinski definition) is 0. The second-order valence-electron chi connectivity index (χ2n) is 5.17. The molecule has 3 rings (SSSR count). The highest BCUT2D eigenvalue weighted by Crippen LogP contribution is 2.25. The lowest BCUT2D eigenvalue weighted by atomic mass is 10.1. The van der Waals surface area contributed by atoms with Crippen molar-refractivity contribution in [3.63, 3.8) is 0 Å². The Kier molecular flexibility index (Phi) is 5.20. The largest absolute Gasteiger partial charge is 0.457 e. The Labute approximate surface area is 152 Å². The van der Waals surface area contributed by atoms with Gasteiger partial charge in [0, 0.05) is 15.8 Å². The molecule has 1 heterocycles. The van der Waals surface area contributed by atoms with Crippen LogP contribution in [0.1, 0.15) is 15.9 Å². The summed E-state index contributed by atoms with van der Waals surface area (Å²) in [6.07, 6.45) is 1.96. The Balaban J connectivity index is 1.83. The van der Waals surface area contributed by atoms with E-state index in [0.29, 0.717) is 11.1 Å². The number of rotatable bonds is 4. The molecule has 0 aliphatic heterocycles. The molecule has 0 atom stereocenters. The van der Waals surface area contributed by atoms with Crippen molar-refractivity contribution in [2.75, 3.05) is 6.26 Å². The summed E-state index contributed by atoms with van der Waals surface area (Å²) in [5, 5.41) is 0.998. The number of hydrogen-bond acceptors (Lipinski definition) is 4.